The van der Waals surface area contributed by atoms with Crippen LogP contribution in [0.1, 0.15) is 12.8 Å². The van der Waals surface area contributed by atoms with E-state index in [-0.39, 0.29) is 18.2 Å². The largest absolute Gasteiger partial charge is 0.489 e. The molecule has 1 amide bonds. The second kappa shape index (κ2) is 9.16. The minimum Gasteiger partial charge on any atom is -0.489 e. The fourth-order valence-corrected chi connectivity index (χ4v) is 3.81. The summed E-state index contributed by atoms with van der Waals surface area (Å²) in [5.41, 5.74) is 0.715. The Bertz CT molecular complexity index is 1140. The van der Waals surface area contributed by atoms with Gasteiger partial charge in [-0.05, 0) is 49.2 Å². The number of ether oxygens (including phenoxy) is 2. The van der Waals surface area contributed by atoms with E-state index in [1.807, 2.05) is 6.07 Å². The van der Waals surface area contributed by atoms with Crippen molar-refractivity contribution >= 4 is 50.0 Å². The van der Waals surface area contributed by atoms with Crippen LogP contribution in [0.3, 0.4) is 0 Å². The van der Waals surface area contributed by atoms with Gasteiger partial charge in [0.25, 0.3) is 5.56 Å². The molecule has 1 aliphatic rings. The van der Waals surface area contributed by atoms with Gasteiger partial charge in [0.15, 0.2) is 0 Å². The van der Waals surface area contributed by atoms with Gasteiger partial charge in [0.1, 0.15) is 18.9 Å². The highest BCUT2D eigenvalue weighted by Crippen LogP contribution is 2.29. The van der Waals surface area contributed by atoms with E-state index in [0.29, 0.717) is 34.0 Å². The number of aromatic nitrogens is 2. The van der Waals surface area contributed by atoms with Crippen LogP contribution in [0.5, 0.6) is 5.75 Å². The summed E-state index contributed by atoms with van der Waals surface area (Å²) in [6, 6.07) is 10.2. The van der Waals surface area contributed by atoms with E-state index in [2.05, 4.69) is 26.2 Å². The van der Waals surface area contributed by atoms with Gasteiger partial charge in [-0.3, -0.25) is 14.2 Å². The number of rotatable bonds is 6. The summed E-state index contributed by atoms with van der Waals surface area (Å²) in [6.45, 7) is 0.947. The van der Waals surface area contributed by atoms with Crippen molar-refractivity contribution in [1.29, 1.82) is 0 Å². The molecule has 1 aliphatic heterocycles. The third-order valence-corrected chi connectivity index (χ3v) is 5.49. The number of fused-ring (bicyclic) bond motifs is 1. The Balaban J connectivity index is 1.50. The molecule has 0 spiro atoms. The number of carbonyl (C=O) groups excluding carboxylic acids is 1. The first kappa shape index (κ1) is 20.8. The van der Waals surface area contributed by atoms with Gasteiger partial charge < -0.3 is 14.8 Å². The summed E-state index contributed by atoms with van der Waals surface area (Å²) in [6.07, 6.45) is 3.38. The van der Waals surface area contributed by atoms with Crippen LogP contribution < -0.4 is 15.6 Å². The Morgan fingerprint density at radius 2 is 2.20 bits per heavy atom. The normalized spacial score (nSPS) is 16.0. The molecule has 0 aliphatic carbocycles. The zero-order chi connectivity index (χ0) is 21.1. The number of carbonyl (C=O) groups is 1. The maximum atomic E-state index is 12.7. The lowest BCUT2D eigenvalue weighted by Gasteiger charge is -2.16. The van der Waals surface area contributed by atoms with Crippen LogP contribution in [0.4, 0.5) is 5.69 Å². The summed E-state index contributed by atoms with van der Waals surface area (Å²) in [5, 5.41) is 3.67. The number of anilines is 1. The highest BCUT2D eigenvalue weighted by molar-refractivity contribution is 9.10. The number of hydrogen-bond donors (Lipinski definition) is 1. The van der Waals surface area contributed by atoms with Gasteiger partial charge in [0.2, 0.25) is 5.91 Å². The fraction of sp³-hybridized carbons (Fsp3) is 0.286. The lowest BCUT2D eigenvalue weighted by molar-refractivity contribution is -0.116. The number of hydrogen-bond acceptors (Lipinski definition) is 5. The van der Waals surface area contributed by atoms with Crippen molar-refractivity contribution in [1.82, 2.24) is 9.55 Å². The number of nitrogens with one attached hydrogen (secondary N) is 1. The predicted octanol–water partition coefficient (Wildman–Crippen LogP) is 4.01. The van der Waals surface area contributed by atoms with Crippen molar-refractivity contribution < 1.29 is 14.3 Å². The topological polar surface area (TPSA) is 82.5 Å². The molecule has 1 fully saturated rings. The molecule has 0 bridgehead atoms. The molecule has 1 N–H and O–H groups in total. The van der Waals surface area contributed by atoms with E-state index in [0.717, 1.165) is 23.9 Å². The van der Waals surface area contributed by atoms with Gasteiger partial charge in [0.05, 0.1) is 29.0 Å². The second-order valence-corrected chi connectivity index (χ2v) is 8.33. The van der Waals surface area contributed by atoms with Crippen LogP contribution in [0.15, 0.2) is 52.0 Å². The Kier molecular flexibility index (Phi) is 6.36. The van der Waals surface area contributed by atoms with Crippen molar-refractivity contribution in [3.05, 3.63) is 62.6 Å². The fourth-order valence-electron chi connectivity index (χ4n) is 3.27. The van der Waals surface area contributed by atoms with E-state index in [1.54, 1.807) is 30.3 Å². The quantitative estimate of drug-likeness (QED) is 0.562. The van der Waals surface area contributed by atoms with Crippen LogP contribution in [-0.4, -0.2) is 34.8 Å². The predicted molar refractivity (Wildman–Crippen MR) is 118 cm³/mol. The maximum Gasteiger partial charge on any atom is 0.261 e. The molecule has 156 valence electrons. The summed E-state index contributed by atoms with van der Waals surface area (Å²) in [4.78, 5) is 29.6. The molecule has 3 aromatic rings. The molecule has 2 aromatic carbocycles. The van der Waals surface area contributed by atoms with Gasteiger partial charge in [-0.2, -0.15) is 0 Å². The summed E-state index contributed by atoms with van der Waals surface area (Å²) < 4.78 is 13.4. The molecule has 9 heteroatoms. The second-order valence-electron chi connectivity index (χ2n) is 6.97. The van der Waals surface area contributed by atoms with Crippen molar-refractivity contribution in [2.24, 2.45) is 0 Å². The van der Waals surface area contributed by atoms with Gasteiger partial charge >= 0.3 is 0 Å². The van der Waals surface area contributed by atoms with E-state index in [9.17, 15) is 9.59 Å². The summed E-state index contributed by atoms with van der Waals surface area (Å²) >= 11 is 9.44. The molecule has 1 unspecified atom stereocenters. The minimum absolute atomic E-state index is 0.0470. The molecule has 1 atom stereocenters. The molecule has 30 heavy (non-hydrogen) atoms. The third kappa shape index (κ3) is 4.83. The molecule has 1 saturated heterocycles. The molecular formula is C21H19BrClN3O4. The van der Waals surface area contributed by atoms with Gasteiger partial charge in [-0.15, -0.1) is 0 Å². The Hall–Kier alpha value is -2.42. The van der Waals surface area contributed by atoms with Crippen LogP contribution in [-0.2, 0) is 16.1 Å². The van der Waals surface area contributed by atoms with E-state index in [4.69, 9.17) is 21.1 Å². The zero-order valence-corrected chi connectivity index (χ0v) is 18.3. The van der Waals surface area contributed by atoms with E-state index >= 15 is 0 Å². The molecule has 2 heterocycles. The van der Waals surface area contributed by atoms with Crippen LogP contribution in [0.2, 0.25) is 5.02 Å². The van der Waals surface area contributed by atoms with Crippen LogP contribution in [0.25, 0.3) is 10.9 Å². The third-order valence-electron chi connectivity index (χ3n) is 4.76. The van der Waals surface area contributed by atoms with Gasteiger partial charge in [-0.25, -0.2) is 4.98 Å². The first-order valence-corrected chi connectivity index (χ1v) is 10.7. The Morgan fingerprint density at radius 3 is 3.00 bits per heavy atom. The van der Waals surface area contributed by atoms with Crippen molar-refractivity contribution in [3.8, 4) is 5.75 Å². The minimum atomic E-state index is -0.391. The van der Waals surface area contributed by atoms with Crippen molar-refractivity contribution in [2.45, 2.75) is 25.5 Å². The molecular weight excluding hydrogens is 474 g/mol. The molecule has 0 saturated carbocycles. The Morgan fingerprint density at radius 1 is 1.33 bits per heavy atom. The monoisotopic (exact) mass is 491 g/mol. The number of halogens is 2. The summed E-state index contributed by atoms with van der Waals surface area (Å²) in [7, 11) is 0. The highest BCUT2D eigenvalue weighted by Gasteiger charge is 2.18. The average molecular weight is 493 g/mol. The Labute approximate surface area is 186 Å². The number of nitrogens with zero attached hydrogens (tertiary/aromatic N) is 2. The average Bonchev–Trinajstić information content (AvgIpc) is 3.23. The summed E-state index contributed by atoms with van der Waals surface area (Å²) in [5.74, 6) is 0.105. The first-order valence-electron chi connectivity index (χ1n) is 9.48. The molecule has 4 rings (SSSR count). The molecule has 7 nitrogen and oxygen atoms in total. The number of benzene rings is 2. The van der Waals surface area contributed by atoms with Crippen LogP contribution >= 0.6 is 27.5 Å². The van der Waals surface area contributed by atoms with Crippen molar-refractivity contribution in [3.63, 3.8) is 0 Å². The zero-order valence-electron chi connectivity index (χ0n) is 15.9. The standard InChI is InChI=1S/C21H19BrClN3O4/c22-13-3-5-17-16(8-13)21(28)26(12-24-17)10-20(27)25-18-9-14(23)4-6-19(18)30-11-15-2-1-7-29-15/h3-6,8-9,12,15H,1-2,7,10-11H2,(H,25,27). The van der Waals surface area contributed by atoms with Gasteiger partial charge in [0, 0.05) is 16.1 Å². The maximum absolute atomic E-state index is 12.7. The first-order chi connectivity index (χ1) is 14.5. The lowest BCUT2D eigenvalue weighted by Crippen LogP contribution is -2.28. The molecule has 0 radical (unpaired) electrons. The van der Waals surface area contributed by atoms with E-state index in [1.165, 1.54) is 10.9 Å². The highest BCUT2D eigenvalue weighted by atomic mass is 79.9. The van der Waals surface area contributed by atoms with Gasteiger partial charge in [-0.1, -0.05) is 27.5 Å². The van der Waals surface area contributed by atoms with E-state index < -0.39 is 5.91 Å². The number of amides is 1. The lowest BCUT2D eigenvalue weighted by atomic mass is 10.2. The SMILES string of the molecule is O=C(Cn1cnc2ccc(Br)cc2c1=O)Nc1cc(Cl)ccc1OCC1CCCO1. The van der Waals surface area contributed by atoms with Crippen LogP contribution in [0, 0.1) is 0 Å². The van der Waals surface area contributed by atoms with Crippen molar-refractivity contribution in [2.75, 3.05) is 18.5 Å². The molecule has 1 aromatic heterocycles. The smallest absolute Gasteiger partial charge is 0.261 e.